The molecule has 0 saturated carbocycles. The Balaban J connectivity index is 2.17. The molecule has 162 valence electrons. The predicted octanol–water partition coefficient (Wildman–Crippen LogP) is 4.81. The first kappa shape index (κ1) is 21.1. The van der Waals surface area contributed by atoms with Crippen LogP contribution < -0.4 is 10.3 Å². The third kappa shape index (κ3) is 3.47. The molecule has 0 spiro atoms. The van der Waals surface area contributed by atoms with E-state index in [0.29, 0.717) is 27.7 Å². The van der Waals surface area contributed by atoms with Gasteiger partial charge in [-0.05, 0) is 43.7 Å². The first-order chi connectivity index (χ1) is 15.3. The summed E-state index contributed by atoms with van der Waals surface area (Å²) in [6, 6.07) is 14.5. The highest BCUT2D eigenvalue weighted by Gasteiger charge is 2.24. The molecule has 0 aromatic heterocycles. The van der Waals surface area contributed by atoms with Gasteiger partial charge in [0.1, 0.15) is 16.9 Å². The second-order valence-electron chi connectivity index (χ2n) is 7.33. The Kier molecular flexibility index (Phi) is 5.40. The maximum Gasteiger partial charge on any atom is 0.339 e. The van der Waals surface area contributed by atoms with Crippen molar-refractivity contribution in [2.45, 2.75) is 13.8 Å². The second-order valence-corrected chi connectivity index (χ2v) is 7.33. The topological polar surface area (TPSA) is 108 Å². The minimum absolute atomic E-state index is 0.0668. The molecule has 32 heavy (non-hydrogen) atoms. The van der Waals surface area contributed by atoms with Gasteiger partial charge in [-0.2, -0.15) is 0 Å². The lowest BCUT2D eigenvalue weighted by Gasteiger charge is -2.22. The number of nitrogens with zero attached hydrogens (tertiary/aromatic N) is 1. The average molecular weight is 431 g/mol. The van der Waals surface area contributed by atoms with Gasteiger partial charge in [-0.25, -0.2) is 9.59 Å². The van der Waals surface area contributed by atoms with Gasteiger partial charge < -0.3 is 19.5 Å². The zero-order chi connectivity index (χ0) is 23.0. The van der Waals surface area contributed by atoms with E-state index in [4.69, 9.17) is 4.42 Å². The number of hydrogen-bond acceptors (Lipinski definition) is 5. The van der Waals surface area contributed by atoms with Crippen molar-refractivity contribution in [3.8, 4) is 22.5 Å². The highest BCUT2D eigenvalue weighted by molar-refractivity contribution is 6.08. The fraction of sp³-hybridized carbons (Fsp3) is 0.160. The summed E-state index contributed by atoms with van der Waals surface area (Å²) < 4.78 is 6.04. The van der Waals surface area contributed by atoms with Crippen molar-refractivity contribution in [1.82, 2.24) is 0 Å². The third-order valence-electron chi connectivity index (χ3n) is 5.59. The normalized spacial score (nSPS) is 11.1. The zero-order valence-corrected chi connectivity index (χ0v) is 17.6. The van der Waals surface area contributed by atoms with Crippen LogP contribution in [-0.4, -0.2) is 35.2 Å². The number of benzene rings is 3. The zero-order valence-electron chi connectivity index (χ0n) is 17.6. The second kappa shape index (κ2) is 8.19. The molecule has 0 radical (unpaired) electrons. The Bertz CT molecular complexity index is 1380. The maximum atomic E-state index is 12.4. The number of anilines is 1. The lowest BCUT2D eigenvalue weighted by molar-refractivity contribution is 0.0685. The van der Waals surface area contributed by atoms with Crippen molar-refractivity contribution in [1.29, 1.82) is 0 Å². The van der Waals surface area contributed by atoms with Crippen LogP contribution >= 0.6 is 0 Å². The standard InChI is InChI=1S/C25H21NO6/c1-3-26(4-2)14-9-10-17-21(11-14)32-22-13-20(27)18(25(30)31)12-19(22)23(17)15-7-5-6-8-16(15)24(28)29/h5-13H,3-4H2,1-2H3,(H,28,29)(H,30,31). The fourth-order valence-electron chi connectivity index (χ4n) is 4.04. The molecule has 0 saturated heterocycles. The summed E-state index contributed by atoms with van der Waals surface area (Å²) >= 11 is 0. The largest absolute Gasteiger partial charge is 0.478 e. The molecule has 2 aromatic rings. The van der Waals surface area contributed by atoms with Crippen LogP contribution in [0.2, 0.25) is 0 Å². The summed E-state index contributed by atoms with van der Waals surface area (Å²) in [5.41, 5.74) is 1.67. The molecule has 0 fully saturated rings. The molecular formula is C25H21NO6. The monoisotopic (exact) mass is 431 g/mol. The van der Waals surface area contributed by atoms with E-state index in [0.717, 1.165) is 24.8 Å². The fourth-order valence-corrected chi connectivity index (χ4v) is 4.04. The van der Waals surface area contributed by atoms with E-state index in [1.54, 1.807) is 18.2 Å². The molecule has 7 nitrogen and oxygen atoms in total. The van der Waals surface area contributed by atoms with Gasteiger partial charge >= 0.3 is 11.9 Å². The molecular weight excluding hydrogens is 410 g/mol. The number of rotatable bonds is 6. The van der Waals surface area contributed by atoms with Gasteiger partial charge in [0.2, 0.25) is 0 Å². The van der Waals surface area contributed by atoms with Crippen molar-refractivity contribution in [2.24, 2.45) is 0 Å². The molecule has 2 aliphatic rings. The van der Waals surface area contributed by atoms with E-state index < -0.39 is 22.9 Å². The first-order valence-corrected chi connectivity index (χ1v) is 10.2. The van der Waals surface area contributed by atoms with Crippen LogP contribution in [0.3, 0.4) is 0 Å². The van der Waals surface area contributed by atoms with Gasteiger partial charge in [0.25, 0.3) is 0 Å². The number of carboxylic acids is 2. The Morgan fingerprint density at radius 2 is 1.56 bits per heavy atom. The Hall–Kier alpha value is -4.13. The van der Waals surface area contributed by atoms with E-state index in [9.17, 15) is 24.6 Å². The van der Waals surface area contributed by atoms with Crippen LogP contribution in [-0.2, 0) is 0 Å². The summed E-state index contributed by atoms with van der Waals surface area (Å²) in [6.07, 6.45) is 0. The van der Waals surface area contributed by atoms with Crippen LogP contribution in [0.1, 0.15) is 34.6 Å². The number of carboxylic acid groups (broad SMARTS) is 2. The molecule has 0 amide bonds. The molecule has 2 aromatic carbocycles. The van der Waals surface area contributed by atoms with Gasteiger partial charge in [0.05, 0.1) is 5.56 Å². The van der Waals surface area contributed by atoms with Crippen LogP contribution in [0.25, 0.3) is 33.4 Å². The summed E-state index contributed by atoms with van der Waals surface area (Å²) in [5.74, 6) is -2.27. The van der Waals surface area contributed by atoms with Gasteiger partial charge in [0.15, 0.2) is 5.43 Å². The maximum absolute atomic E-state index is 12.4. The summed E-state index contributed by atoms with van der Waals surface area (Å²) in [6.45, 7) is 5.65. The third-order valence-corrected chi connectivity index (χ3v) is 5.59. The predicted molar refractivity (Wildman–Crippen MR) is 122 cm³/mol. The highest BCUT2D eigenvalue weighted by atomic mass is 16.4. The quantitative estimate of drug-likeness (QED) is 0.422. The van der Waals surface area contributed by atoms with E-state index in [-0.39, 0.29) is 11.3 Å². The van der Waals surface area contributed by atoms with Gasteiger partial charge in [0, 0.05) is 47.4 Å². The highest BCUT2D eigenvalue weighted by Crippen LogP contribution is 2.42. The van der Waals surface area contributed by atoms with E-state index in [2.05, 4.69) is 4.90 Å². The van der Waals surface area contributed by atoms with Gasteiger partial charge in [-0.1, -0.05) is 18.2 Å². The first-order valence-electron chi connectivity index (χ1n) is 10.2. The van der Waals surface area contributed by atoms with Crippen molar-refractivity contribution < 1.29 is 24.2 Å². The van der Waals surface area contributed by atoms with Crippen molar-refractivity contribution in [3.05, 3.63) is 75.9 Å². The molecule has 7 heteroatoms. The number of carbonyl (C=O) groups is 2. The molecule has 0 bridgehead atoms. The molecule has 1 aliphatic heterocycles. The molecule has 0 unspecified atom stereocenters. The average Bonchev–Trinajstić information content (AvgIpc) is 2.77. The molecule has 4 rings (SSSR count). The van der Waals surface area contributed by atoms with Gasteiger partial charge in [-0.15, -0.1) is 0 Å². The van der Waals surface area contributed by atoms with Crippen molar-refractivity contribution in [3.63, 3.8) is 0 Å². The summed E-state index contributed by atoms with van der Waals surface area (Å²) in [5, 5.41) is 19.9. The molecule has 1 aliphatic carbocycles. The van der Waals surface area contributed by atoms with Crippen LogP contribution in [0.15, 0.2) is 63.8 Å². The SMILES string of the molecule is CCN(CC)c1ccc2c(-c3ccccc3C(=O)O)c3cc(C(=O)O)c(=O)cc-3oc2c1. The van der Waals surface area contributed by atoms with Crippen LogP contribution in [0, 0.1) is 0 Å². The Morgan fingerprint density at radius 1 is 0.875 bits per heavy atom. The van der Waals surface area contributed by atoms with Crippen molar-refractivity contribution >= 4 is 28.6 Å². The minimum atomic E-state index is -1.36. The Morgan fingerprint density at radius 3 is 2.22 bits per heavy atom. The number of hydrogen-bond donors (Lipinski definition) is 2. The van der Waals surface area contributed by atoms with Gasteiger partial charge in [-0.3, -0.25) is 4.79 Å². The van der Waals surface area contributed by atoms with E-state index in [1.165, 1.54) is 12.1 Å². The van der Waals surface area contributed by atoms with E-state index >= 15 is 0 Å². The van der Waals surface area contributed by atoms with E-state index in [1.807, 2.05) is 32.0 Å². The van der Waals surface area contributed by atoms with Crippen molar-refractivity contribution in [2.75, 3.05) is 18.0 Å². The number of aromatic carboxylic acids is 2. The number of fused-ring (bicyclic) bond motifs is 2. The molecule has 0 atom stereocenters. The Labute approximate surface area is 183 Å². The summed E-state index contributed by atoms with van der Waals surface area (Å²) in [7, 11) is 0. The molecule has 1 heterocycles. The van der Waals surface area contributed by atoms with Crippen LogP contribution in [0.5, 0.6) is 0 Å². The summed E-state index contributed by atoms with van der Waals surface area (Å²) in [4.78, 5) is 38.0. The van der Waals surface area contributed by atoms with Crippen LogP contribution in [0.4, 0.5) is 5.69 Å². The lowest BCUT2D eigenvalue weighted by Crippen LogP contribution is -2.21. The smallest absolute Gasteiger partial charge is 0.339 e. The molecule has 2 N–H and O–H groups in total. The lowest BCUT2D eigenvalue weighted by atomic mass is 9.89. The minimum Gasteiger partial charge on any atom is -0.478 e.